The Bertz CT molecular complexity index is 367. The summed E-state index contributed by atoms with van der Waals surface area (Å²) in [6.07, 6.45) is 5.12. The third kappa shape index (κ3) is 1.77. The summed E-state index contributed by atoms with van der Waals surface area (Å²) in [4.78, 5) is 12.4. The van der Waals surface area contributed by atoms with E-state index >= 15 is 0 Å². The van der Waals surface area contributed by atoms with Crippen LogP contribution in [0.15, 0.2) is 11.6 Å². The molecule has 1 saturated carbocycles. The summed E-state index contributed by atoms with van der Waals surface area (Å²) in [7, 11) is 0. The Balaban J connectivity index is 2.51. The van der Waals surface area contributed by atoms with Crippen LogP contribution in [-0.4, -0.2) is 17.5 Å². The van der Waals surface area contributed by atoms with Crippen LogP contribution in [0.2, 0.25) is 0 Å². The number of allylic oxidation sites excluding steroid dienone is 1. The van der Waals surface area contributed by atoms with Crippen LogP contribution in [0.3, 0.4) is 0 Å². The SMILES string of the molecule is CC1=CC(=O)C2C(C)(C)CCCC2(C)C1CO. The van der Waals surface area contributed by atoms with E-state index in [1.807, 2.05) is 6.92 Å². The van der Waals surface area contributed by atoms with Crippen LogP contribution in [0.1, 0.15) is 47.0 Å². The fourth-order valence-electron chi connectivity index (χ4n) is 4.47. The maximum absolute atomic E-state index is 12.4. The van der Waals surface area contributed by atoms with Crippen LogP contribution in [-0.2, 0) is 4.79 Å². The molecule has 0 aromatic rings. The molecule has 2 heteroatoms. The fourth-order valence-corrected chi connectivity index (χ4v) is 4.47. The average molecular weight is 236 g/mol. The Hall–Kier alpha value is -0.630. The van der Waals surface area contributed by atoms with Crippen LogP contribution in [0, 0.1) is 22.7 Å². The minimum atomic E-state index is -0.0492. The second kappa shape index (κ2) is 3.94. The number of carbonyl (C=O) groups is 1. The van der Waals surface area contributed by atoms with Crippen molar-refractivity contribution in [2.24, 2.45) is 22.7 Å². The lowest BCUT2D eigenvalue weighted by Gasteiger charge is -2.55. The molecule has 0 aliphatic heterocycles. The van der Waals surface area contributed by atoms with E-state index in [1.54, 1.807) is 6.08 Å². The van der Waals surface area contributed by atoms with Gasteiger partial charge in [0.2, 0.25) is 0 Å². The molecule has 3 unspecified atom stereocenters. The summed E-state index contributed by atoms with van der Waals surface area (Å²) >= 11 is 0. The van der Waals surface area contributed by atoms with Crippen LogP contribution < -0.4 is 0 Å². The summed E-state index contributed by atoms with van der Waals surface area (Å²) in [6.45, 7) is 8.76. The summed E-state index contributed by atoms with van der Waals surface area (Å²) in [6, 6.07) is 0. The van der Waals surface area contributed by atoms with E-state index < -0.39 is 0 Å². The molecule has 3 atom stereocenters. The monoisotopic (exact) mass is 236 g/mol. The van der Waals surface area contributed by atoms with Gasteiger partial charge in [-0.25, -0.2) is 0 Å². The molecule has 0 spiro atoms. The first-order valence-electron chi connectivity index (χ1n) is 6.66. The second-order valence-electron chi connectivity index (χ2n) is 6.81. The van der Waals surface area contributed by atoms with Crippen molar-refractivity contribution in [1.29, 1.82) is 0 Å². The highest BCUT2D eigenvalue weighted by Crippen LogP contribution is 2.58. The molecule has 0 aromatic carbocycles. The summed E-state index contributed by atoms with van der Waals surface area (Å²) in [5.41, 5.74) is 1.08. The standard InChI is InChI=1S/C15H24O2/c1-10-8-12(17)13-14(2,3)6-5-7-15(13,4)11(10)9-16/h8,11,13,16H,5-7,9H2,1-4H3. The molecule has 2 rings (SSSR count). The Morgan fingerprint density at radius 1 is 1.35 bits per heavy atom. The smallest absolute Gasteiger partial charge is 0.159 e. The first-order valence-corrected chi connectivity index (χ1v) is 6.66. The highest BCUT2D eigenvalue weighted by Gasteiger charge is 2.55. The van der Waals surface area contributed by atoms with Gasteiger partial charge < -0.3 is 5.11 Å². The maximum atomic E-state index is 12.4. The third-order valence-corrected chi connectivity index (χ3v) is 5.16. The molecule has 0 radical (unpaired) electrons. The number of ketones is 1. The molecule has 0 bridgehead atoms. The van der Waals surface area contributed by atoms with Gasteiger partial charge in [0.25, 0.3) is 0 Å². The lowest BCUT2D eigenvalue weighted by Crippen LogP contribution is -2.53. The molecule has 2 nitrogen and oxygen atoms in total. The molecule has 0 amide bonds. The molecular weight excluding hydrogens is 212 g/mol. The summed E-state index contributed by atoms with van der Waals surface area (Å²) < 4.78 is 0. The van der Waals surface area contributed by atoms with Crippen LogP contribution in [0.5, 0.6) is 0 Å². The number of aliphatic hydroxyl groups is 1. The van der Waals surface area contributed by atoms with Gasteiger partial charge in [-0.15, -0.1) is 0 Å². The predicted molar refractivity (Wildman–Crippen MR) is 68.6 cm³/mol. The average Bonchev–Trinajstić information content (AvgIpc) is 2.14. The minimum Gasteiger partial charge on any atom is -0.396 e. The molecule has 96 valence electrons. The van der Waals surface area contributed by atoms with E-state index in [0.29, 0.717) is 0 Å². The lowest BCUT2D eigenvalue weighted by atomic mass is 9.48. The Kier molecular flexibility index (Phi) is 2.97. The largest absolute Gasteiger partial charge is 0.396 e. The highest BCUT2D eigenvalue weighted by atomic mass is 16.3. The van der Waals surface area contributed by atoms with E-state index in [9.17, 15) is 9.90 Å². The predicted octanol–water partition coefficient (Wildman–Crippen LogP) is 2.96. The van der Waals surface area contributed by atoms with Crippen molar-refractivity contribution < 1.29 is 9.90 Å². The molecule has 0 saturated heterocycles. The van der Waals surface area contributed by atoms with Crippen molar-refractivity contribution in [2.75, 3.05) is 6.61 Å². The first kappa shape index (κ1) is 12.8. The topological polar surface area (TPSA) is 37.3 Å². The van der Waals surface area contributed by atoms with E-state index in [4.69, 9.17) is 0 Å². The van der Waals surface area contributed by atoms with Crippen molar-refractivity contribution in [1.82, 2.24) is 0 Å². The summed E-state index contributed by atoms with van der Waals surface area (Å²) in [5.74, 6) is 0.508. The highest BCUT2D eigenvalue weighted by molar-refractivity contribution is 5.94. The number of rotatable bonds is 1. The maximum Gasteiger partial charge on any atom is 0.159 e. The van der Waals surface area contributed by atoms with Gasteiger partial charge in [-0.3, -0.25) is 4.79 Å². The zero-order valence-electron chi connectivity index (χ0n) is 11.4. The van der Waals surface area contributed by atoms with Gasteiger partial charge in [0.15, 0.2) is 5.78 Å². The molecule has 0 heterocycles. The van der Waals surface area contributed by atoms with Gasteiger partial charge in [-0.2, -0.15) is 0 Å². The number of hydrogen-bond acceptors (Lipinski definition) is 2. The van der Waals surface area contributed by atoms with Crippen LogP contribution in [0.25, 0.3) is 0 Å². The molecular formula is C15H24O2. The van der Waals surface area contributed by atoms with Gasteiger partial charge in [0.05, 0.1) is 6.61 Å². The van der Waals surface area contributed by atoms with Crippen molar-refractivity contribution >= 4 is 5.78 Å². The fraction of sp³-hybridized carbons (Fsp3) is 0.800. The first-order chi connectivity index (χ1) is 7.83. The van der Waals surface area contributed by atoms with Crippen LogP contribution in [0.4, 0.5) is 0 Å². The number of carbonyl (C=O) groups excluding carboxylic acids is 1. The van der Waals surface area contributed by atoms with Gasteiger partial charge >= 0.3 is 0 Å². The molecule has 0 aromatic heterocycles. The quantitative estimate of drug-likeness (QED) is 0.760. The van der Waals surface area contributed by atoms with Crippen LogP contribution >= 0.6 is 0 Å². The van der Waals surface area contributed by atoms with Gasteiger partial charge in [-0.05, 0) is 36.7 Å². The molecule has 2 aliphatic carbocycles. The van der Waals surface area contributed by atoms with Crippen molar-refractivity contribution in [3.8, 4) is 0 Å². The van der Waals surface area contributed by atoms with E-state index in [-0.39, 0.29) is 35.1 Å². The zero-order valence-corrected chi connectivity index (χ0v) is 11.4. The van der Waals surface area contributed by atoms with Gasteiger partial charge in [0.1, 0.15) is 0 Å². The molecule has 1 N–H and O–H groups in total. The number of aliphatic hydroxyl groups excluding tert-OH is 1. The number of hydrogen-bond donors (Lipinski definition) is 1. The Labute approximate surface area is 104 Å². The second-order valence-corrected chi connectivity index (χ2v) is 6.81. The van der Waals surface area contributed by atoms with E-state index in [1.165, 1.54) is 0 Å². The molecule has 1 fully saturated rings. The van der Waals surface area contributed by atoms with Crippen molar-refractivity contribution in [3.63, 3.8) is 0 Å². The molecule has 2 aliphatic rings. The molecule has 17 heavy (non-hydrogen) atoms. The third-order valence-electron chi connectivity index (χ3n) is 5.16. The van der Waals surface area contributed by atoms with Gasteiger partial charge in [0, 0.05) is 11.8 Å². The Morgan fingerprint density at radius 3 is 2.59 bits per heavy atom. The van der Waals surface area contributed by atoms with Crippen molar-refractivity contribution in [2.45, 2.75) is 47.0 Å². The zero-order chi connectivity index (χ0) is 12.8. The van der Waals surface area contributed by atoms with E-state index in [2.05, 4.69) is 20.8 Å². The summed E-state index contributed by atoms with van der Waals surface area (Å²) in [5, 5.41) is 9.67. The minimum absolute atomic E-state index is 0.0492. The lowest BCUT2D eigenvalue weighted by molar-refractivity contribution is -0.137. The Morgan fingerprint density at radius 2 is 2.00 bits per heavy atom. The van der Waals surface area contributed by atoms with Gasteiger partial charge in [-0.1, -0.05) is 32.8 Å². The van der Waals surface area contributed by atoms with Crippen molar-refractivity contribution in [3.05, 3.63) is 11.6 Å². The number of fused-ring (bicyclic) bond motifs is 1. The normalized spacial score (nSPS) is 40.8. The van der Waals surface area contributed by atoms with E-state index in [0.717, 1.165) is 24.8 Å².